The van der Waals surface area contributed by atoms with Crippen molar-refractivity contribution in [2.24, 2.45) is 0 Å². The number of para-hydroxylation sites is 1. The summed E-state index contributed by atoms with van der Waals surface area (Å²) in [4.78, 5) is 4.27. The van der Waals surface area contributed by atoms with Gasteiger partial charge in [-0.05, 0) is 34.7 Å². The molecule has 0 aliphatic heterocycles. The van der Waals surface area contributed by atoms with Gasteiger partial charge in [-0.1, -0.05) is 18.2 Å². The summed E-state index contributed by atoms with van der Waals surface area (Å²) in [5, 5.41) is 1.21. The normalized spacial score (nSPS) is 10.3. The van der Waals surface area contributed by atoms with Crippen LogP contribution in [0.25, 0.3) is 10.9 Å². The van der Waals surface area contributed by atoms with Crippen LogP contribution in [0.2, 0.25) is 0 Å². The summed E-state index contributed by atoms with van der Waals surface area (Å²) in [6.45, 7) is 0. The van der Waals surface area contributed by atoms with E-state index < -0.39 is 0 Å². The fourth-order valence-electron chi connectivity index (χ4n) is 1.07. The molecule has 0 aliphatic rings. The maximum Gasteiger partial charge on any atom is 0.0835 e. The minimum atomic E-state index is 1.09. The predicted octanol–water partition coefficient (Wildman–Crippen LogP) is 2.84. The third kappa shape index (κ3) is 1.22. The second-order valence-electron chi connectivity index (χ2n) is 2.31. The van der Waals surface area contributed by atoms with E-state index >= 15 is 0 Å². The van der Waals surface area contributed by atoms with Gasteiger partial charge in [0.25, 0.3) is 0 Å². The van der Waals surface area contributed by atoms with Gasteiger partial charge in [0.15, 0.2) is 0 Å². The van der Waals surface area contributed by atoms with Crippen molar-refractivity contribution in [1.82, 2.24) is 4.98 Å². The third-order valence-electron chi connectivity index (χ3n) is 1.58. The summed E-state index contributed by atoms with van der Waals surface area (Å²) in [5.41, 5.74) is 1.09. The van der Waals surface area contributed by atoms with E-state index in [1.807, 2.05) is 18.3 Å². The number of aromatic nitrogens is 1. The quantitative estimate of drug-likeness (QED) is 0.659. The predicted molar refractivity (Wildman–Crippen MR) is 54.5 cm³/mol. The Labute approximate surface area is 78.6 Å². The van der Waals surface area contributed by atoms with Crippen molar-refractivity contribution in [3.8, 4) is 0 Å². The molecule has 0 fully saturated rings. The van der Waals surface area contributed by atoms with E-state index in [4.69, 9.17) is 0 Å². The smallest absolute Gasteiger partial charge is 0.0835 e. The molecule has 1 nitrogen and oxygen atoms in total. The van der Waals surface area contributed by atoms with Gasteiger partial charge >= 0.3 is 0 Å². The molecule has 54 valence electrons. The molecule has 2 rings (SSSR count). The lowest BCUT2D eigenvalue weighted by atomic mass is 10.2. The fourth-order valence-corrected chi connectivity index (χ4v) is 1.73. The monoisotopic (exact) mass is 255 g/mol. The summed E-state index contributed by atoms with van der Waals surface area (Å²) >= 11 is 2.30. The first-order valence-corrected chi connectivity index (χ1v) is 4.45. The van der Waals surface area contributed by atoms with Crippen LogP contribution >= 0.6 is 22.6 Å². The van der Waals surface area contributed by atoms with Gasteiger partial charge in [0, 0.05) is 15.2 Å². The first-order valence-electron chi connectivity index (χ1n) is 3.37. The van der Waals surface area contributed by atoms with E-state index in [-0.39, 0.29) is 0 Å². The Bertz CT molecular complexity index is 379. The van der Waals surface area contributed by atoms with Crippen molar-refractivity contribution in [2.75, 3.05) is 0 Å². The number of benzene rings is 1. The minimum absolute atomic E-state index is 1.09. The molecule has 0 N–H and O–H groups in total. The maximum atomic E-state index is 4.27. The topological polar surface area (TPSA) is 12.9 Å². The van der Waals surface area contributed by atoms with E-state index in [1.54, 1.807) is 0 Å². The highest BCUT2D eigenvalue weighted by Gasteiger charge is 1.95. The molecule has 0 bridgehead atoms. The molecule has 0 unspecified atom stereocenters. The van der Waals surface area contributed by atoms with Crippen LogP contribution in [0.1, 0.15) is 0 Å². The Morgan fingerprint density at radius 3 is 2.73 bits per heavy atom. The molecule has 0 radical (unpaired) electrons. The van der Waals surface area contributed by atoms with E-state index in [1.165, 1.54) is 8.96 Å². The van der Waals surface area contributed by atoms with Crippen LogP contribution < -0.4 is 0 Å². The molecule has 2 aromatic rings. The van der Waals surface area contributed by atoms with Gasteiger partial charge in [-0.2, -0.15) is 0 Å². The van der Waals surface area contributed by atoms with Gasteiger partial charge in [0.05, 0.1) is 5.52 Å². The number of fused-ring (bicyclic) bond motifs is 1. The molecule has 0 aliphatic carbocycles. The van der Waals surface area contributed by atoms with Crippen LogP contribution in [-0.2, 0) is 0 Å². The fraction of sp³-hybridized carbons (Fsp3) is 0. The molecule has 2 heteroatoms. The van der Waals surface area contributed by atoms with Crippen LogP contribution in [0.4, 0.5) is 0 Å². The third-order valence-corrected chi connectivity index (χ3v) is 2.45. The number of rotatable bonds is 0. The summed E-state index contributed by atoms with van der Waals surface area (Å²) in [7, 11) is 0. The molecule has 0 saturated carbocycles. The largest absolute Gasteiger partial charge is 0.255 e. The number of pyridine rings is 1. The number of hydrogen-bond donors (Lipinski definition) is 0. The summed E-state index contributed by atoms with van der Waals surface area (Å²) < 4.78 is 1.21. The van der Waals surface area contributed by atoms with E-state index in [0.29, 0.717) is 0 Å². The molecular formula is C9H6IN. The molecule has 0 amide bonds. The minimum Gasteiger partial charge on any atom is -0.255 e. The number of nitrogens with zero attached hydrogens (tertiary/aromatic N) is 1. The molecule has 0 saturated heterocycles. The van der Waals surface area contributed by atoms with E-state index in [0.717, 1.165) is 5.52 Å². The molecule has 0 atom stereocenters. The van der Waals surface area contributed by atoms with Gasteiger partial charge in [0.1, 0.15) is 0 Å². The Morgan fingerprint density at radius 1 is 1.09 bits per heavy atom. The second kappa shape index (κ2) is 2.77. The van der Waals surface area contributed by atoms with Gasteiger partial charge in [0.2, 0.25) is 0 Å². The Kier molecular flexibility index (Phi) is 1.77. The van der Waals surface area contributed by atoms with Crippen LogP contribution in [0, 0.1) is 3.57 Å². The molecule has 0 spiro atoms. The van der Waals surface area contributed by atoms with Crippen molar-refractivity contribution in [2.45, 2.75) is 0 Å². The van der Waals surface area contributed by atoms with Crippen LogP contribution in [-0.4, -0.2) is 4.98 Å². The summed E-state index contributed by atoms with van der Waals surface area (Å²) in [6.07, 6.45) is 1.82. The lowest BCUT2D eigenvalue weighted by Gasteiger charge is -1.96. The van der Waals surface area contributed by atoms with Crippen molar-refractivity contribution in [3.63, 3.8) is 0 Å². The molecular weight excluding hydrogens is 249 g/mol. The standard InChI is InChI=1S/C9H6IN/c10-8-5-1-3-7-4-2-6-11-9(7)8/h1-6H. The summed E-state index contributed by atoms with van der Waals surface area (Å²) in [6, 6.07) is 10.2. The Balaban J connectivity index is 2.91. The molecule has 11 heavy (non-hydrogen) atoms. The first kappa shape index (κ1) is 7.03. The molecule has 1 aromatic carbocycles. The van der Waals surface area contributed by atoms with Crippen LogP contribution in [0.15, 0.2) is 36.5 Å². The van der Waals surface area contributed by atoms with E-state index in [9.17, 15) is 0 Å². The highest BCUT2D eigenvalue weighted by molar-refractivity contribution is 14.1. The van der Waals surface area contributed by atoms with Gasteiger partial charge in [-0.15, -0.1) is 0 Å². The zero-order valence-corrected chi connectivity index (χ0v) is 7.95. The lowest BCUT2D eigenvalue weighted by molar-refractivity contribution is 1.40. The van der Waals surface area contributed by atoms with Gasteiger partial charge < -0.3 is 0 Å². The average molecular weight is 255 g/mol. The Hall–Kier alpha value is -0.640. The van der Waals surface area contributed by atoms with Gasteiger partial charge in [-0.25, -0.2) is 0 Å². The highest BCUT2D eigenvalue weighted by atomic mass is 127. The number of hydrogen-bond acceptors (Lipinski definition) is 1. The zero-order valence-electron chi connectivity index (χ0n) is 5.79. The average Bonchev–Trinajstić information content (AvgIpc) is 2.06. The van der Waals surface area contributed by atoms with Crippen molar-refractivity contribution >= 4 is 33.5 Å². The first-order chi connectivity index (χ1) is 5.38. The van der Waals surface area contributed by atoms with Crippen LogP contribution in [0.5, 0.6) is 0 Å². The summed E-state index contributed by atoms with van der Waals surface area (Å²) in [5.74, 6) is 0. The molecule has 1 heterocycles. The van der Waals surface area contributed by atoms with E-state index in [2.05, 4.69) is 45.8 Å². The second-order valence-corrected chi connectivity index (χ2v) is 3.48. The number of halogens is 1. The lowest BCUT2D eigenvalue weighted by Crippen LogP contribution is -1.79. The Morgan fingerprint density at radius 2 is 1.91 bits per heavy atom. The highest BCUT2D eigenvalue weighted by Crippen LogP contribution is 2.16. The molecule has 1 aromatic heterocycles. The maximum absolute atomic E-state index is 4.27. The van der Waals surface area contributed by atoms with Crippen molar-refractivity contribution in [3.05, 3.63) is 40.1 Å². The zero-order chi connectivity index (χ0) is 7.68. The van der Waals surface area contributed by atoms with Crippen LogP contribution in [0.3, 0.4) is 0 Å². The van der Waals surface area contributed by atoms with Crippen molar-refractivity contribution in [1.29, 1.82) is 0 Å². The SMILES string of the molecule is Ic1cccc2cccnc12. The van der Waals surface area contributed by atoms with Crippen molar-refractivity contribution < 1.29 is 0 Å². The van der Waals surface area contributed by atoms with Gasteiger partial charge in [-0.3, -0.25) is 4.98 Å².